The first-order valence-corrected chi connectivity index (χ1v) is 28.6. The Bertz CT molecular complexity index is 4320. The summed E-state index contributed by atoms with van der Waals surface area (Å²) in [5.41, 5.74) is 24.2. The van der Waals surface area contributed by atoms with Crippen molar-refractivity contribution in [3.05, 3.63) is 291 Å². The molecule has 4 aliphatic rings. The van der Waals surface area contributed by atoms with Crippen molar-refractivity contribution in [3.8, 4) is 22.6 Å². The van der Waals surface area contributed by atoms with Crippen LogP contribution in [0.5, 0.6) is 11.5 Å². The summed E-state index contributed by atoms with van der Waals surface area (Å²) in [6, 6.07) is 104. The van der Waals surface area contributed by atoms with E-state index in [1.807, 2.05) is 11.8 Å². The Morgan fingerprint density at radius 3 is 1.49 bits per heavy atom. The Morgan fingerprint density at radius 1 is 0.346 bits per heavy atom. The average Bonchev–Trinajstić information content (AvgIpc) is 3.58. The van der Waals surface area contributed by atoms with Crippen molar-refractivity contribution in [3.63, 3.8) is 0 Å². The van der Waals surface area contributed by atoms with Crippen molar-refractivity contribution in [1.29, 1.82) is 0 Å². The van der Waals surface area contributed by atoms with Gasteiger partial charge >= 0.3 is 0 Å². The van der Waals surface area contributed by atoms with Crippen LogP contribution in [0.3, 0.4) is 0 Å². The van der Waals surface area contributed by atoms with Crippen molar-refractivity contribution >= 4 is 126 Å². The number of benzene rings is 12. The quantitative estimate of drug-likeness (QED) is 0.133. The van der Waals surface area contributed by atoms with Crippen LogP contribution in [0.25, 0.3) is 11.1 Å². The number of aryl methyl sites for hydroxylation is 1. The Kier molecular flexibility index (Phi) is 11.2. The molecule has 0 saturated carbocycles. The van der Waals surface area contributed by atoms with Gasteiger partial charge in [-0.1, -0.05) is 199 Å². The Balaban J connectivity index is 0.992. The molecule has 12 aromatic carbocycles. The summed E-state index contributed by atoms with van der Waals surface area (Å²) in [5, 5.41) is 0. The maximum atomic E-state index is 7.29. The summed E-state index contributed by atoms with van der Waals surface area (Å²) in [4.78, 5) is 12.3. The molecule has 0 aromatic heterocycles. The average molecular weight is 1050 g/mol. The van der Waals surface area contributed by atoms with E-state index in [0.717, 1.165) is 90.4 Å². The predicted octanol–water partition coefficient (Wildman–Crippen LogP) is 15.8. The molecule has 380 valence electrons. The van der Waals surface area contributed by atoms with Gasteiger partial charge in [-0.2, -0.15) is 0 Å². The van der Waals surface area contributed by atoms with Gasteiger partial charge in [-0.25, -0.2) is 0 Å². The van der Waals surface area contributed by atoms with Crippen LogP contribution in [-0.4, -0.2) is 13.4 Å². The van der Waals surface area contributed by atoms with Crippen molar-refractivity contribution in [2.24, 2.45) is 0 Å². The highest BCUT2D eigenvalue weighted by Gasteiger charge is 2.47. The molecular weight excluding hydrogens is 1000 g/mol. The third-order valence-corrected chi connectivity index (χ3v) is 17.7. The lowest BCUT2D eigenvalue weighted by atomic mass is 9.31. The highest BCUT2D eigenvalue weighted by atomic mass is 32.2. The molecule has 4 heterocycles. The van der Waals surface area contributed by atoms with E-state index in [4.69, 9.17) is 4.74 Å². The number of hydrogen-bond donors (Lipinski definition) is 0. The van der Waals surface area contributed by atoms with E-state index in [0.29, 0.717) is 0 Å². The minimum absolute atomic E-state index is 0.0703. The summed E-state index contributed by atoms with van der Waals surface area (Å²) in [6.45, 7) is 2.05. The smallest absolute Gasteiger partial charge is 0.256 e. The Hall–Kier alpha value is -9.88. The van der Waals surface area contributed by atoms with E-state index in [-0.39, 0.29) is 13.4 Å². The first kappa shape index (κ1) is 47.1. The number of rotatable bonds is 9. The Labute approximate surface area is 477 Å². The fourth-order valence-corrected chi connectivity index (χ4v) is 14.4. The van der Waals surface area contributed by atoms with Gasteiger partial charge in [-0.15, -0.1) is 0 Å². The van der Waals surface area contributed by atoms with Crippen LogP contribution in [0.15, 0.2) is 295 Å². The van der Waals surface area contributed by atoms with Gasteiger partial charge in [0.15, 0.2) is 0 Å². The molecule has 16 rings (SSSR count). The number of anilines is 12. The molecule has 12 aromatic rings. The third-order valence-electron chi connectivity index (χ3n) is 16.6. The van der Waals surface area contributed by atoms with Gasteiger partial charge < -0.3 is 24.3 Å². The molecule has 8 heteroatoms. The van der Waals surface area contributed by atoms with Crippen molar-refractivity contribution in [2.75, 3.05) is 19.6 Å². The van der Waals surface area contributed by atoms with Crippen LogP contribution in [0.4, 0.5) is 68.2 Å². The van der Waals surface area contributed by atoms with Gasteiger partial charge in [0, 0.05) is 78.3 Å². The summed E-state index contributed by atoms with van der Waals surface area (Å²) in [6.07, 6.45) is 0. The zero-order valence-corrected chi connectivity index (χ0v) is 45.2. The molecule has 0 fully saturated rings. The summed E-state index contributed by atoms with van der Waals surface area (Å²) < 4.78 is 7.29. The maximum absolute atomic E-state index is 7.29. The molecule has 5 nitrogen and oxygen atoms in total. The van der Waals surface area contributed by atoms with E-state index < -0.39 is 0 Å². The largest absolute Gasteiger partial charge is 0.458 e. The maximum Gasteiger partial charge on any atom is 0.256 e. The minimum Gasteiger partial charge on any atom is -0.458 e. The topological polar surface area (TPSA) is 22.2 Å². The first-order chi connectivity index (χ1) is 40.1. The summed E-state index contributed by atoms with van der Waals surface area (Å²) in [5.74, 6) is 1.73. The molecule has 0 spiro atoms. The normalized spacial score (nSPS) is 13.0. The first-order valence-electron chi connectivity index (χ1n) is 27.8. The number of hydrogen-bond acceptors (Lipinski definition) is 6. The van der Waals surface area contributed by atoms with E-state index in [1.54, 1.807) is 0 Å². The fraction of sp³-hybridized carbons (Fsp3) is 0.0137. The van der Waals surface area contributed by atoms with Gasteiger partial charge in [0.25, 0.3) is 6.71 Å². The van der Waals surface area contributed by atoms with Crippen molar-refractivity contribution in [2.45, 2.75) is 16.7 Å². The van der Waals surface area contributed by atoms with E-state index in [9.17, 15) is 0 Å². The second-order valence-electron chi connectivity index (χ2n) is 21.2. The zero-order chi connectivity index (χ0) is 53.5. The fourth-order valence-electron chi connectivity index (χ4n) is 13.2. The summed E-state index contributed by atoms with van der Waals surface area (Å²) in [7, 11) is 0. The molecule has 0 aliphatic carbocycles. The second kappa shape index (κ2) is 19.2. The van der Waals surface area contributed by atoms with Crippen molar-refractivity contribution < 1.29 is 4.74 Å². The number of para-hydroxylation sites is 8. The van der Waals surface area contributed by atoms with Gasteiger partial charge in [0.2, 0.25) is 6.71 Å². The van der Waals surface area contributed by atoms with Crippen molar-refractivity contribution in [1.82, 2.24) is 0 Å². The highest BCUT2D eigenvalue weighted by Crippen LogP contribution is 2.51. The number of fused-ring (bicyclic) bond motifs is 8. The van der Waals surface area contributed by atoms with Crippen LogP contribution in [-0.2, 0) is 0 Å². The number of ether oxygens (including phenoxy) is 1. The summed E-state index contributed by atoms with van der Waals surface area (Å²) >= 11 is 1.90. The molecule has 0 saturated heterocycles. The van der Waals surface area contributed by atoms with Crippen LogP contribution in [0.1, 0.15) is 5.56 Å². The van der Waals surface area contributed by atoms with Gasteiger partial charge in [-0.05, 0) is 142 Å². The molecule has 0 bridgehead atoms. The van der Waals surface area contributed by atoms with Gasteiger partial charge in [0.1, 0.15) is 11.5 Å². The zero-order valence-electron chi connectivity index (χ0n) is 44.4. The minimum atomic E-state index is -0.144. The molecule has 4 aliphatic heterocycles. The molecule has 0 atom stereocenters. The Morgan fingerprint density at radius 2 is 0.864 bits per heavy atom. The molecule has 0 N–H and O–H groups in total. The van der Waals surface area contributed by atoms with E-state index in [2.05, 4.69) is 312 Å². The monoisotopic (exact) mass is 1050 g/mol. The van der Waals surface area contributed by atoms with E-state index in [1.165, 1.54) is 48.6 Å². The number of nitrogens with zero attached hydrogens (tertiary/aromatic N) is 4. The molecule has 0 unspecified atom stereocenters. The van der Waals surface area contributed by atoms with Crippen LogP contribution in [0, 0.1) is 6.92 Å². The van der Waals surface area contributed by atoms with Crippen LogP contribution in [0.2, 0.25) is 0 Å². The van der Waals surface area contributed by atoms with Gasteiger partial charge in [-0.3, -0.25) is 0 Å². The lowest BCUT2D eigenvalue weighted by Crippen LogP contribution is -2.63. The second-order valence-corrected chi connectivity index (χ2v) is 22.3. The predicted molar refractivity (Wildman–Crippen MR) is 342 cm³/mol. The lowest BCUT2D eigenvalue weighted by Gasteiger charge is -2.44. The van der Waals surface area contributed by atoms with Crippen LogP contribution < -0.4 is 57.1 Å². The molecular formula is C73H50B2N4OS. The van der Waals surface area contributed by atoms with Gasteiger partial charge in [0.05, 0.1) is 11.4 Å². The lowest BCUT2D eigenvalue weighted by molar-refractivity contribution is 0.487. The SMILES string of the molecule is Cc1cccc(-c2ccccc2)c1N1c2cc3c(cc2B2c4ccccc4Oc4cc(N(c5ccccc5)c5ccccc5)cc1c42)B1c2ccccc2N(c2ccccc2)c2cc(N(c4ccccc4)c4ccccc4)cc(c21)S3. The third kappa shape index (κ3) is 7.66. The van der Waals surface area contributed by atoms with Crippen LogP contribution >= 0.6 is 11.8 Å². The molecule has 0 amide bonds. The van der Waals surface area contributed by atoms with E-state index >= 15 is 0 Å². The highest BCUT2D eigenvalue weighted by molar-refractivity contribution is 8.00. The standard InChI is InChI=1S/C73H50B2N4OS/c1-49-25-24-38-58(50-26-8-2-9-27-50)73(49)79-64-48-69-62(47-61(64)75-60-40-21-23-42-67(60)80-68-45-56(43-65(79)71(68)75)76(51-28-10-3-11-29-51)52-30-12-4-13-31-52)74-59-39-20-22-41-63(59)78(55-36-18-7-19-37-55)66-44-57(46-70(81-69)72(66)74)77(53-32-14-5-15-33-53)54-34-16-6-17-35-54/h2-48H,1H3. The molecule has 81 heavy (non-hydrogen) atoms. The molecule has 0 radical (unpaired) electrons.